The monoisotopic (exact) mass is 383 g/mol. The fourth-order valence-corrected chi connectivity index (χ4v) is 3.20. The second-order valence-electron chi connectivity index (χ2n) is 5.08. The summed E-state index contributed by atoms with van der Waals surface area (Å²) in [5, 5.41) is 13.0. The van der Waals surface area contributed by atoms with E-state index in [1.807, 2.05) is 0 Å². The first kappa shape index (κ1) is 17.7. The van der Waals surface area contributed by atoms with E-state index in [4.69, 9.17) is 4.74 Å². The Kier molecular flexibility index (Phi) is 4.80. The first-order valence-electron chi connectivity index (χ1n) is 7.13. The summed E-state index contributed by atoms with van der Waals surface area (Å²) in [7, 11) is 1.22. The van der Waals surface area contributed by atoms with Crippen LogP contribution >= 0.6 is 11.3 Å². The van der Waals surface area contributed by atoms with Gasteiger partial charge in [0.25, 0.3) is 11.2 Å². The zero-order chi connectivity index (χ0) is 18.8. The first-order chi connectivity index (χ1) is 12.4. The molecule has 3 rings (SSSR count). The van der Waals surface area contributed by atoms with Crippen molar-refractivity contribution in [3.63, 3.8) is 0 Å². The number of alkyl halides is 2. The van der Waals surface area contributed by atoms with Crippen LogP contribution < -0.4 is 15.0 Å². The molecule has 8 nitrogen and oxygen atoms in total. The van der Waals surface area contributed by atoms with Crippen LogP contribution in [0.4, 0.5) is 14.5 Å². The molecule has 0 aliphatic carbocycles. The number of halogens is 2. The first-order valence-corrected chi connectivity index (χ1v) is 8.01. The van der Waals surface area contributed by atoms with Gasteiger partial charge in [0.2, 0.25) is 0 Å². The number of rotatable bonds is 6. The maximum Gasteiger partial charge on any atom is 0.387 e. The molecule has 0 saturated heterocycles. The van der Waals surface area contributed by atoms with E-state index in [1.54, 1.807) is 11.4 Å². The molecule has 0 amide bonds. The predicted octanol–water partition coefficient (Wildman–Crippen LogP) is 3.02. The third-order valence-electron chi connectivity index (χ3n) is 3.55. The molecule has 2 aromatic heterocycles. The van der Waals surface area contributed by atoms with Gasteiger partial charge in [0.1, 0.15) is 4.70 Å². The van der Waals surface area contributed by atoms with E-state index in [9.17, 15) is 23.7 Å². The summed E-state index contributed by atoms with van der Waals surface area (Å²) in [6.07, 6.45) is 1.27. The van der Waals surface area contributed by atoms with Crippen molar-refractivity contribution in [1.29, 1.82) is 0 Å². The highest BCUT2D eigenvalue weighted by Crippen LogP contribution is 2.36. The molecule has 0 fully saturated rings. The summed E-state index contributed by atoms with van der Waals surface area (Å²) in [6.45, 7) is -3.34. The van der Waals surface area contributed by atoms with Gasteiger partial charge in [-0.15, -0.1) is 11.3 Å². The van der Waals surface area contributed by atoms with Crippen molar-refractivity contribution >= 4 is 27.2 Å². The van der Waals surface area contributed by atoms with Gasteiger partial charge >= 0.3 is 6.61 Å². The van der Waals surface area contributed by atoms with Crippen molar-refractivity contribution in [2.24, 2.45) is 0 Å². The molecule has 136 valence electrons. The number of nitro groups is 1. The molecule has 2 heterocycles. The highest BCUT2D eigenvalue weighted by Gasteiger charge is 2.22. The minimum atomic E-state index is -3.16. The molecule has 0 bridgehead atoms. The number of ether oxygens (including phenoxy) is 2. The molecule has 0 saturated carbocycles. The molecule has 3 aromatic rings. The fourth-order valence-electron chi connectivity index (χ4n) is 2.41. The molecule has 0 N–H and O–H groups in total. The molecule has 0 unspecified atom stereocenters. The molecule has 0 atom stereocenters. The maximum absolute atomic E-state index is 12.5. The molecule has 0 aliphatic rings. The average Bonchev–Trinajstić information content (AvgIpc) is 3.07. The van der Waals surface area contributed by atoms with E-state index in [1.165, 1.54) is 35.4 Å². The standard InChI is InChI=1S/C15H11F2N3O5S/c1-24-11-4-8(10(20(22)23)5-12(11)25-15(16)17)6-19-7-18-9-2-3-26-13(9)14(19)21/h2-5,7,15H,6H2,1H3. The van der Waals surface area contributed by atoms with Gasteiger partial charge in [-0.1, -0.05) is 0 Å². The van der Waals surface area contributed by atoms with Gasteiger partial charge in [-0.2, -0.15) is 8.78 Å². The third-order valence-corrected chi connectivity index (χ3v) is 4.45. The van der Waals surface area contributed by atoms with E-state index in [2.05, 4.69) is 9.72 Å². The van der Waals surface area contributed by atoms with Crippen molar-refractivity contribution in [2.75, 3.05) is 7.11 Å². The summed E-state index contributed by atoms with van der Waals surface area (Å²) in [5.41, 5.74) is -0.205. The maximum atomic E-state index is 12.5. The van der Waals surface area contributed by atoms with Crippen LogP contribution in [0.1, 0.15) is 5.56 Å². The van der Waals surface area contributed by atoms with Gasteiger partial charge in [-0.25, -0.2) is 4.98 Å². The van der Waals surface area contributed by atoms with Gasteiger partial charge in [-0.3, -0.25) is 19.5 Å². The van der Waals surface area contributed by atoms with Crippen molar-refractivity contribution in [3.8, 4) is 11.5 Å². The Balaban J connectivity index is 2.09. The fraction of sp³-hybridized carbons (Fsp3) is 0.200. The van der Waals surface area contributed by atoms with Crippen LogP contribution in [0.2, 0.25) is 0 Å². The lowest BCUT2D eigenvalue weighted by atomic mass is 10.1. The Morgan fingerprint density at radius 3 is 2.81 bits per heavy atom. The Bertz CT molecular complexity index is 1030. The van der Waals surface area contributed by atoms with Crippen LogP contribution in [0.5, 0.6) is 11.5 Å². The number of nitro benzene ring substituents is 1. The van der Waals surface area contributed by atoms with Crippen LogP contribution in [0, 0.1) is 10.1 Å². The number of hydrogen-bond donors (Lipinski definition) is 0. The Morgan fingerprint density at radius 1 is 1.38 bits per heavy atom. The number of fused-ring (bicyclic) bond motifs is 1. The Labute approximate surface area is 148 Å². The largest absolute Gasteiger partial charge is 0.493 e. The van der Waals surface area contributed by atoms with Crippen molar-refractivity contribution < 1.29 is 23.2 Å². The van der Waals surface area contributed by atoms with Crippen LogP contribution in [-0.2, 0) is 6.54 Å². The second-order valence-corrected chi connectivity index (χ2v) is 6.00. The summed E-state index contributed by atoms with van der Waals surface area (Å²) >= 11 is 1.21. The quantitative estimate of drug-likeness (QED) is 0.480. The van der Waals surface area contributed by atoms with Crippen LogP contribution in [0.25, 0.3) is 10.2 Å². The van der Waals surface area contributed by atoms with Crippen LogP contribution in [-0.4, -0.2) is 28.2 Å². The van der Waals surface area contributed by atoms with E-state index in [0.717, 1.165) is 6.07 Å². The highest BCUT2D eigenvalue weighted by molar-refractivity contribution is 7.17. The predicted molar refractivity (Wildman–Crippen MR) is 89.3 cm³/mol. The van der Waals surface area contributed by atoms with Crippen molar-refractivity contribution in [1.82, 2.24) is 9.55 Å². The zero-order valence-corrected chi connectivity index (χ0v) is 14.0. The molecule has 11 heteroatoms. The number of benzene rings is 1. The molecular weight excluding hydrogens is 372 g/mol. The summed E-state index contributed by atoms with van der Waals surface area (Å²) in [4.78, 5) is 27.2. The minimum absolute atomic E-state index is 0.0910. The number of aromatic nitrogens is 2. The average molecular weight is 383 g/mol. The Hall–Kier alpha value is -3.08. The minimum Gasteiger partial charge on any atom is -0.493 e. The van der Waals surface area contributed by atoms with Gasteiger partial charge < -0.3 is 9.47 Å². The number of thiophene rings is 1. The van der Waals surface area contributed by atoms with Crippen molar-refractivity contribution in [2.45, 2.75) is 13.2 Å². The molecule has 0 aliphatic heterocycles. The molecule has 0 radical (unpaired) electrons. The lowest BCUT2D eigenvalue weighted by molar-refractivity contribution is -0.385. The van der Waals surface area contributed by atoms with E-state index in [-0.39, 0.29) is 23.4 Å². The van der Waals surface area contributed by atoms with Crippen LogP contribution in [0.15, 0.2) is 34.7 Å². The van der Waals surface area contributed by atoms with E-state index < -0.39 is 23.0 Å². The SMILES string of the molecule is COc1cc(Cn2cnc3ccsc3c2=O)c([N+](=O)[O-])cc1OC(F)F. The lowest BCUT2D eigenvalue weighted by Crippen LogP contribution is -2.20. The van der Waals surface area contributed by atoms with Gasteiger partial charge in [-0.05, 0) is 17.5 Å². The van der Waals surface area contributed by atoms with Gasteiger partial charge in [0, 0.05) is 0 Å². The van der Waals surface area contributed by atoms with Gasteiger partial charge in [0.05, 0.1) is 42.1 Å². The summed E-state index contributed by atoms with van der Waals surface area (Å²) in [6, 6.07) is 3.73. The van der Waals surface area contributed by atoms with E-state index >= 15 is 0 Å². The smallest absolute Gasteiger partial charge is 0.387 e. The third kappa shape index (κ3) is 3.33. The molecule has 1 aromatic carbocycles. The topological polar surface area (TPSA) is 96.5 Å². The summed E-state index contributed by atoms with van der Waals surface area (Å²) < 4.78 is 35.8. The van der Waals surface area contributed by atoms with Crippen LogP contribution in [0.3, 0.4) is 0 Å². The summed E-state index contributed by atoms with van der Waals surface area (Å²) in [5.74, 6) is -0.568. The van der Waals surface area contributed by atoms with Crippen molar-refractivity contribution in [3.05, 3.63) is 55.9 Å². The Morgan fingerprint density at radius 2 is 2.15 bits per heavy atom. The number of hydrogen-bond acceptors (Lipinski definition) is 7. The highest BCUT2D eigenvalue weighted by atomic mass is 32.1. The molecule has 0 spiro atoms. The number of methoxy groups -OCH3 is 1. The normalized spacial score (nSPS) is 11.1. The lowest BCUT2D eigenvalue weighted by Gasteiger charge is -2.13. The number of nitrogens with zero attached hydrogens (tertiary/aromatic N) is 3. The molecular formula is C15H11F2N3O5S. The van der Waals surface area contributed by atoms with E-state index in [0.29, 0.717) is 10.2 Å². The molecule has 26 heavy (non-hydrogen) atoms. The zero-order valence-electron chi connectivity index (χ0n) is 13.2. The second kappa shape index (κ2) is 7.04. The van der Waals surface area contributed by atoms with Gasteiger partial charge in [0.15, 0.2) is 11.5 Å².